The molecule has 0 spiro atoms. The highest BCUT2D eigenvalue weighted by molar-refractivity contribution is 5.91. The summed E-state index contributed by atoms with van der Waals surface area (Å²) in [7, 11) is 1.70. The first-order valence-electron chi connectivity index (χ1n) is 5.40. The topological polar surface area (TPSA) is 34.1 Å². The molecule has 84 valence electrons. The Kier molecular flexibility index (Phi) is 3.37. The first-order chi connectivity index (χ1) is 7.81. The van der Waals surface area contributed by atoms with E-state index in [0.29, 0.717) is 6.61 Å². The molecule has 1 atom stereocenters. The van der Waals surface area contributed by atoms with Crippen LogP contribution < -0.4 is 5.32 Å². The molecule has 0 saturated heterocycles. The van der Waals surface area contributed by atoms with Gasteiger partial charge in [0.05, 0.1) is 6.61 Å². The molecule has 2 rings (SSSR count). The van der Waals surface area contributed by atoms with Crippen LogP contribution >= 0.6 is 0 Å². The van der Waals surface area contributed by atoms with E-state index in [1.54, 1.807) is 7.11 Å². The van der Waals surface area contributed by atoms with Gasteiger partial charge in [-0.2, -0.15) is 0 Å². The van der Waals surface area contributed by atoms with Gasteiger partial charge < -0.3 is 10.1 Å². The zero-order valence-corrected chi connectivity index (χ0v) is 9.60. The van der Waals surface area contributed by atoms with Crippen LogP contribution in [-0.2, 0) is 4.74 Å². The van der Waals surface area contributed by atoms with Crippen molar-refractivity contribution in [3.05, 3.63) is 36.5 Å². The Bertz CT molecular complexity index is 465. The number of ether oxygens (including phenoxy) is 1. The first kappa shape index (κ1) is 10.9. The second-order valence-corrected chi connectivity index (χ2v) is 3.88. The van der Waals surface area contributed by atoms with Gasteiger partial charge in [0.2, 0.25) is 0 Å². The lowest BCUT2D eigenvalue weighted by atomic mass is 10.1. The van der Waals surface area contributed by atoms with E-state index in [1.807, 2.05) is 24.4 Å². The number of nitrogens with one attached hydrogen (secondary N) is 1. The number of aromatic nitrogens is 1. The van der Waals surface area contributed by atoms with Crippen LogP contribution in [0.4, 0.5) is 5.82 Å². The number of benzene rings is 1. The molecule has 1 unspecified atom stereocenters. The zero-order valence-electron chi connectivity index (χ0n) is 9.60. The molecule has 1 aromatic heterocycles. The number of methoxy groups -OCH3 is 1. The Morgan fingerprint density at radius 3 is 2.94 bits per heavy atom. The summed E-state index contributed by atoms with van der Waals surface area (Å²) >= 11 is 0. The van der Waals surface area contributed by atoms with Gasteiger partial charge >= 0.3 is 0 Å². The van der Waals surface area contributed by atoms with E-state index >= 15 is 0 Å². The van der Waals surface area contributed by atoms with Gasteiger partial charge in [0, 0.05) is 24.7 Å². The molecule has 0 saturated carbocycles. The Labute approximate surface area is 95.5 Å². The molecule has 16 heavy (non-hydrogen) atoms. The van der Waals surface area contributed by atoms with E-state index < -0.39 is 0 Å². The van der Waals surface area contributed by atoms with E-state index in [9.17, 15) is 0 Å². The number of hydrogen-bond acceptors (Lipinski definition) is 3. The third kappa shape index (κ3) is 2.31. The molecule has 0 aliphatic heterocycles. The van der Waals surface area contributed by atoms with E-state index in [0.717, 1.165) is 11.2 Å². The Balaban J connectivity index is 2.30. The van der Waals surface area contributed by atoms with Gasteiger partial charge in [0.15, 0.2) is 0 Å². The van der Waals surface area contributed by atoms with Crippen molar-refractivity contribution < 1.29 is 4.74 Å². The van der Waals surface area contributed by atoms with Crippen molar-refractivity contribution in [2.75, 3.05) is 19.0 Å². The van der Waals surface area contributed by atoms with Crippen LogP contribution in [0.3, 0.4) is 0 Å². The molecular weight excluding hydrogens is 200 g/mol. The highest BCUT2D eigenvalue weighted by Gasteiger charge is 2.05. The number of rotatable bonds is 4. The van der Waals surface area contributed by atoms with Gasteiger partial charge in [0.25, 0.3) is 0 Å². The standard InChI is InChI=1S/C13H16N2O/c1-10(9-16-2)15-13-12-6-4-3-5-11(12)7-8-14-13/h3-8,10H,9H2,1-2H3,(H,14,15). The number of nitrogens with zero attached hydrogens (tertiary/aromatic N) is 1. The molecule has 1 N–H and O–H groups in total. The molecule has 0 radical (unpaired) electrons. The van der Waals surface area contributed by atoms with Crippen LogP contribution in [0.1, 0.15) is 6.92 Å². The van der Waals surface area contributed by atoms with Crippen LogP contribution in [-0.4, -0.2) is 24.7 Å². The molecule has 0 amide bonds. The highest BCUT2D eigenvalue weighted by atomic mass is 16.5. The van der Waals surface area contributed by atoms with Crippen molar-refractivity contribution in [2.24, 2.45) is 0 Å². The summed E-state index contributed by atoms with van der Waals surface area (Å²) in [6.45, 7) is 2.75. The van der Waals surface area contributed by atoms with Crippen molar-refractivity contribution in [3.63, 3.8) is 0 Å². The van der Waals surface area contributed by atoms with E-state index in [2.05, 4.69) is 29.4 Å². The molecule has 0 fully saturated rings. The van der Waals surface area contributed by atoms with Crippen molar-refractivity contribution in [3.8, 4) is 0 Å². The van der Waals surface area contributed by atoms with Gasteiger partial charge in [-0.15, -0.1) is 0 Å². The van der Waals surface area contributed by atoms with Crippen molar-refractivity contribution in [2.45, 2.75) is 13.0 Å². The van der Waals surface area contributed by atoms with Gasteiger partial charge in [0.1, 0.15) is 5.82 Å². The minimum absolute atomic E-state index is 0.253. The molecule has 3 nitrogen and oxygen atoms in total. The van der Waals surface area contributed by atoms with Crippen LogP contribution in [0, 0.1) is 0 Å². The number of fused-ring (bicyclic) bond motifs is 1. The predicted molar refractivity (Wildman–Crippen MR) is 66.7 cm³/mol. The van der Waals surface area contributed by atoms with Gasteiger partial charge in [-0.05, 0) is 18.4 Å². The lowest BCUT2D eigenvalue weighted by Crippen LogP contribution is -2.21. The largest absolute Gasteiger partial charge is 0.383 e. The van der Waals surface area contributed by atoms with Crippen LogP contribution in [0.15, 0.2) is 36.5 Å². The second kappa shape index (κ2) is 4.94. The summed E-state index contributed by atoms with van der Waals surface area (Å²) < 4.78 is 5.10. The fraction of sp³-hybridized carbons (Fsp3) is 0.308. The smallest absolute Gasteiger partial charge is 0.134 e. The lowest BCUT2D eigenvalue weighted by Gasteiger charge is -2.14. The highest BCUT2D eigenvalue weighted by Crippen LogP contribution is 2.20. The van der Waals surface area contributed by atoms with Crippen LogP contribution in [0.2, 0.25) is 0 Å². The van der Waals surface area contributed by atoms with E-state index in [4.69, 9.17) is 4.74 Å². The predicted octanol–water partition coefficient (Wildman–Crippen LogP) is 2.68. The van der Waals surface area contributed by atoms with Crippen LogP contribution in [0.5, 0.6) is 0 Å². The Morgan fingerprint density at radius 1 is 1.31 bits per heavy atom. The fourth-order valence-electron chi connectivity index (χ4n) is 1.76. The fourth-order valence-corrected chi connectivity index (χ4v) is 1.76. The molecule has 0 bridgehead atoms. The quantitative estimate of drug-likeness (QED) is 0.853. The maximum Gasteiger partial charge on any atom is 0.134 e. The summed E-state index contributed by atoms with van der Waals surface area (Å²) in [5, 5.41) is 5.69. The third-order valence-corrected chi connectivity index (χ3v) is 2.47. The zero-order chi connectivity index (χ0) is 11.4. The number of hydrogen-bond donors (Lipinski definition) is 1. The number of anilines is 1. The van der Waals surface area contributed by atoms with Crippen molar-refractivity contribution in [1.29, 1.82) is 0 Å². The molecule has 2 aromatic rings. The average Bonchev–Trinajstić information content (AvgIpc) is 2.30. The lowest BCUT2D eigenvalue weighted by molar-refractivity contribution is 0.190. The van der Waals surface area contributed by atoms with Gasteiger partial charge in [-0.3, -0.25) is 0 Å². The summed E-state index contributed by atoms with van der Waals surface area (Å²) in [6, 6.07) is 10.5. The van der Waals surface area contributed by atoms with E-state index in [-0.39, 0.29) is 6.04 Å². The molecule has 1 heterocycles. The molecule has 0 aliphatic rings. The molecular formula is C13H16N2O. The van der Waals surface area contributed by atoms with Gasteiger partial charge in [-0.1, -0.05) is 24.3 Å². The van der Waals surface area contributed by atoms with Crippen molar-refractivity contribution >= 4 is 16.6 Å². The Hall–Kier alpha value is -1.61. The summed E-state index contributed by atoms with van der Waals surface area (Å²) in [4.78, 5) is 4.36. The third-order valence-electron chi connectivity index (χ3n) is 2.47. The monoisotopic (exact) mass is 216 g/mol. The minimum atomic E-state index is 0.253. The van der Waals surface area contributed by atoms with Crippen LogP contribution in [0.25, 0.3) is 10.8 Å². The normalized spacial score (nSPS) is 12.6. The first-order valence-corrected chi connectivity index (χ1v) is 5.40. The summed E-state index contributed by atoms with van der Waals surface area (Å²) in [6.07, 6.45) is 1.82. The average molecular weight is 216 g/mol. The van der Waals surface area contributed by atoms with E-state index in [1.165, 1.54) is 5.39 Å². The SMILES string of the molecule is COCC(C)Nc1nccc2ccccc12. The van der Waals surface area contributed by atoms with Gasteiger partial charge in [-0.25, -0.2) is 4.98 Å². The molecule has 1 aromatic carbocycles. The Morgan fingerprint density at radius 2 is 2.12 bits per heavy atom. The molecule has 0 aliphatic carbocycles. The maximum absolute atomic E-state index is 5.10. The number of pyridine rings is 1. The summed E-state index contributed by atoms with van der Waals surface area (Å²) in [5.74, 6) is 0.919. The molecule has 3 heteroatoms. The van der Waals surface area contributed by atoms with Crippen molar-refractivity contribution in [1.82, 2.24) is 4.98 Å². The maximum atomic E-state index is 5.10. The summed E-state index contributed by atoms with van der Waals surface area (Å²) in [5.41, 5.74) is 0. The minimum Gasteiger partial charge on any atom is -0.383 e. The second-order valence-electron chi connectivity index (χ2n) is 3.88.